The van der Waals surface area contributed by atoms with Crippen LogP contribution in [0, 0.1) is 0 Å². The molecule has 2 amide bonds. The molecule has 6 heteroatoms. The fourth-order valence-electron chi connectivity index (χ4n) is 1.91. The number of anilines is 1. The van der Waals surface area contributed by atoms with Crippen molar-refractivity contribution in [2.45, 2.75) is 18.9 Å². The third-order valence-electron chi connectivity index (χ3n) is 2.90. The van der Waals surface area contributed by atoms with Gasteiger partial charge in [0.2, 0.25) is 0 Å². The third kappa shape index (κ3) is 5.13. The van der Waals surface area contributed by atoms with Crippen LogP contribution in [0.2, 0.25) is 0 Å². The van der Waals surface area contributed by atoms with Gasteiger partial charge >= 0.3 is 6.03 Å². The molecule has 104 valence electrons. The molecule has 19 heavy (non-hydrogen) atoms. The first-order chi connectivity index (χ1) is 9.34. The number of amides is 2. The quantitative estimate of drug-likeness (QED) is 0.669. The van der Waals surface area contributed by atoms with Crippen LogP contribution in [0.25, 0.3) is 0 Å². The fourth-order valence-corrected chi connectivity index (χ4v) is 1.91. The smallest absolute Gasteiger partial charge is 0.314 e. The summed E-state index contributed by atoms with van der Waals surface area (Å²) in [5.74, 6) is 0.809. The highest BCUT2D eigenvalue weighted by Gasteiger charge is 2.15. The molecule has 0 aliphatic carbocycles. The molecule has 1 fully saturated rings. The lowest BCUT2D eigenvalue weighted by Gasteiger charge is -2.12. The van der Waals surface area contributed by atoms with E-state index in [1.807, 2.05) is 18.2 Å². The minimum Gasteiger partial charge on any atom is -0.376 e. The normalized spacial score (nSPS) is 18.0. The summed E-state index contributed by atoms with van der Waals surface area (Å²) in [5, 5.41) is 8.70. The Morgan fingerprint density at radius 1 is 1.37 bits per heavy atom. The van der Waals surface area contributed by atoms with Gasteiger partial charge in [0.25, 0.3) is 0 Å². The molecule has 0 saturated carbocycles. The second-order valence-corrected chi connectivity index (χ2v) is 4.41. The van der Waals surface area contributed by atoms with Crippen molar-refractivity contribution < 1.29 is 9.53 Å². The third-order valence-corrected chi connectivity index (χ3v) is 2.90. The van der Waals surface area contributed by atoms with Gasteiger partial charge in [-0.1, -0.05) is 6.07 Å². The lowest BCUT2D eigenvalue weighted by atomic mass is 10.2. The van der Waals surface area contributed by atoms with Gasteiger partial charge in [0, 0.05) is 32.4 Å². The Morgan fingerprint density at radius 2 is 2.32 bits per heavy atom. The molecule has 1 aliphatic rings. The highest BCUT2D eigenvalue weighted by molar-refractivity contribution is 5.73. The average molecular weight is 264 g/mol. The summed E-state index contributed by atoms with van der Waals surface area (Å²) in [6.45, 7) is 2.58. The zero-order valence-corrected chi connectivity index (χ0v) is 10.9. The molecule has 1 atom stereocenters. The first kappa shape index (κ1) is 13.6. The van der Waals surface area contributed by atoms with Crippen molar-refractivity contribution in [3.63, 3.8) is 0 Å². The molecular weight excluding hydrogens is 244 g/mol. The molecule has 1 aliphatic heterocycles. The Hall–Kier alpha value is -1.82. The maximum atomic E-state index is 11.5. The number of carbonyl (C=O) groups excluding carboxylic acids is 1. The minimum absolute atomic E-state index is 0.154. The molecule has 0 unspecified atom stereocenters. The summed E-state index contributed by atoms with van der Waals surface area (Å²) >= 11 is 0. The number of ether oxygens (including phenoxy) is 1. The Balaban J connectivity index is 1.51. The van der Waals surface area contributed by atoms with E-state index in [4.69, 9.17) is 4.74 Å². The first-order valence-electron chi connectivity index (χ1n) is 6.63. The summed E-state index contributed by atoms with van der Waals surface area (Å²) in [6, 6.07) is 5.51. The highest BCUT2D eigenvalue weighted by Crippen LogP contribution is 2.10. The number of rotatable bonds is 6. The highest BCUT2D eigenvalue weighted by atomic mass is 16.5. The average Bonchev–Trinajstić information content (AvgIpc) is 2.96. The van der Waals surface area contributed by atoms with Crippen LogP contribution < -0.4 is 16.0 Å². The molecule has 0 bridgehead atoms. The van der Waals surface area contributed by atoms with Crippen LogP contribution in [-0.4, -0.2) is 43.4 Å². The summed E-state index contributed by atoms with van der Waals surface area (Å²) in [5.41, 5.74) is 0. The molecule has 2 heterocycles. The van der Waals surface area contributed by atoms with Crippen molar-refractivity contribution in [3.05, 3.63) is 24.4 Å². The van der Waals surface area contributed by atoms with Crippen LogP contribution in [0.15, 0.2) is 24.4 Å². The van der Waals surface area contributed by atoms with Gasteiger partial charge in [0.15, 0.2) is 0 Å². The van der Waals surface area contributed by atoms with E-state index in [9.17, 15) is 4.79 Å². The number of hydrogen-bond acceptors (Lipinski definition) is 4. The number of hydrogen-bond donors (Lipinski definition) is 3. The molecule has 2 rings (SSSR count). The van der Waals surface area contributed by atoms with E-state index in [2.05, 4.69) is 20.9 Å². The van der Waals surface area contributed by atoms with E-state index in [1.165, 1.54) is 0 Å². The van der Waals surface area contributed by atoms with E-state index in [0.717, 1.165) is 25.3 Å². The van der Waals surface area contributed by atoms with Crippen molar-refractivity contribution in [3.8, 4) is 0 Å². The van der Waals surface area contributed by atoms with E-state index >= 15 is 0 Å². The molecule has 1 saturated heterocycles. The predicted octanol–water partition coefficient (Wildman–Crippen LogP) is 0.972. The van der Waals surface area contributed by atoms with Crippen molar-refractivity contribution in [2.24, 2.45) is 0 Å². The standard InChI is InChI=1S/C13H20N4O2/c18-13(17-10-11-4-3-9-19-11)16-8-7-15-12-5-1-2-6-14-12/h1-2,5-6,11H,3-4,7-10H2,(H,14,15)(H2,16,17,18)/t11-/m1/s1. The number of pyridine rings is 1. The molecular formula is C13H20N4O2. The number of nitrogens with one attached hydrogen (secondary N) is 3. The van der Waals surface area contributed by atoms with Crippen LogP contribution in [0.3, 0.4) is 0 Å². The van der Waals surface area contributed by atoms with Crippen molar-refractivity contribution in [1.82, 2.24) is 15.6 Å². The molecule has 0 aromatic carbocycles. The van der Waals surface area contributed by atoms with Gasteiger partial charge in [0.05, 0.1) is 6.10 Å². The van der Waals surface area contributed by atoms with Gasteiger partial charge in [-0.2, -0.15) is 0 Å². The van der Waals surface area contributed by atoms with E-state index in [1.54, 1.807) is 6.20 Å². The zero-order valence-electron chi connectivity index (χ0n) is 10.9. The number of carbonyl (C=O) groups is 1. The summed E-state index contributed by atoms with van der Waals surface area (Å²) in [7, 11) is 0. The summed E-state index contributed by atoms with van der Waals surface area (Å²) in [4.78, 5) is 15.6. The largest absolute Gasteiger partial charge is 0.376 e. The van der Waals surface area contributed by atoms with E-state index < -0.39 is 0 Å². The molecule has 0 radical (unpaired) electrons. The van der Waals surface area contributed by atoms with Crippen molar-refractivity contribution in [1.29, 1.82) is 0 Å². The van der Waals surface area contributed by atoms with Gasteiger partial charge in [-0.3, -0.25) is 0 Å². The summed E-state index contributed by atoms with van der Waals surface area (Å²) < 4.78 is 5.42. The maximum absolute atomic E-state index is 11.5. The van der Waals surface area contributed by atoms with E-state index in [0.29, 0.717) is 19.6 Å². The second kappa shape index (κ2) is 7.58. The van der Waals surface area contributed by atoms with Crippen LogP contribution >= 0.6 is 0 Å². The Labute approximate surface area is 112 Å². The maximum Gasteiger partial charge on any atom is 0.314 e. The minimum atomic E-state index is -0.154. The number of nitrogens with zero attached hydrogens (tertiary/aromatic N) is 1. The van der Waals surface area contributed by atoms with E-state index in [-0.39, 0.29) is 12.1 Å². The molecule has 6 nitrogen and oxygen atoms in total. The lowest BCUT2D eigenvalue weighted by Crippen LogP contribution is -2.41. The van der Waals surface area contributed by atoms with Crippen LogP contribution in [0.4, 0.5) is 10.6 Å². The molecule has 3 N–H and O–H groups in total. The monoisotopic (exact) mass is 264 g/mol. The second-order valence-electron chi connectivity index (χ2n) is 4.41. The van der Waals surface area contributed by atoms with Gasteiger partial charge in [-0.15, -0.1) is 0 Å². The van der Waals surface area contributed by atoms with Crippen molar-refractivity contribution >= 4 is 11.8 Å². The first-order valence-corrected chi connectivity index (χ1v) is 6.63. The Bertz CT molecular complexity index is 379. The van der Waals surface area contributed by atoms with Crippen molar-refractivity contribution in [2.75, 3.05) is 31.6 Å². The van der Waals surface area contributed by atoms with Gasteiger partial charge in [-0.25, -0.2) is 9.78 Å². The topological polar surface area (TPSA) is 75.3 Å². The molecule has 1 aromatic heterocycles. The zero-order chi connectivity index (χ0) is 13.3. The predicted molar refractivity (Wildman–Crippen MR) is 73.1 cm³/mol. The van der Waals surface area contributed by atoms with Gasteiger partial charge in [-0.05, 0) is 25.0 Å². The Kier molecular flexibility index (Phi) is 5.43. The molecule has 1 aromatic rings. The fraction of sp³-hybridized carbons (Fsp3) is 0.538. The lowest BCUT2D eigenvalue weighted by molar-refractivity contribution is 0.111. The summed E-state index contributed by atoms with van der Waals surface area (Å²) in [6.07, 6.45) is 4.02. The van der Waals surface area contributed by atoms with Gasteiger partial charge in [0.1, 0.15) is 5.82 Å². The van der Waals surface area contributed by atoms with Crippen LogP contribution in [0.5, 0.6) is 0 Å². The van der Waals surface area contributed by atoms with Gasteiger partial charge < -0.3 is 20.7 Å². The SMILES string of the molecule is O=C(NCCNc1ccccn1)NC[C@H]1CCCO1. The van der Waals surface area contributed by atoms with Crippen LogP contribution in [-0.2, 0) is 4.74 Å². The number of urea groups is 1. The molecule has 0 spiro atoms. The Morgan fingerprint density at radius 3 is 3.05 bits per heavy atom. The van der Waals surface area contributed by atoms with Crippen LogP contribution in [0.1, 0.15) is 12.8 Å². The number of aromatic nitrogens is 1.